The minimum absolute atomic E-state index is 0.00942. The first-order valence-electron chi connectivity index (χ1n) is 12.4. The highest BCUT2D eigenvalue weighted by atomic mass is 16.6. The molecule has 0 spiro atoms. The predicted octanol–water partition coefficient (Wildman–Crippen LogP) is 2.44. The Kier molecular flexibility index (Phi) is 12.8. The molecule has 3 amide bonds. The van der Waals surface area contributed by atoms with Crippen LogP contribution in [0.15, 0.2) is 12.7 Å². The molecule has 4 atom stereocenters. The number of aliphatic hydroxyl groups is 1. The number of hydrogen-bond acceptors (Lipinski definition) is 7. The summed E-state index contributed by atoms with van der Waals surface area (Å²) in [6.07, 6.45) is 4.52. The molecule has 1 saturated heterocycles. The van der Waals surface area contributed by atoms with E-state index in [1.54, 1.807) is 20.8 Å². The number of hydrogen-bond donors (Lipinski definition) is 3. The highest BCUT2D eigenvalue weighted by molar-refractivity contribution is 5.92. The number of carbonyl (C=O) groups is 4. The summed E-state index contributed by atoms with van der Waals surface area (Å²) in [4.78, 5) is 51.9. The van der Waals surface area contributed by atoms with Gasteiger partial charge in [0.15, 0.2) is 0 Å². The summed E-state index contributed by atoms with van der Waals surface area (Å²) in [5.41, 5.74) is -0.733. The maximum Gasteiger partial charge on any atom is 0.408 e. The van der Waals surface area contributed by atoms with E-state index in [0.717, 1.165) is 19.3 Å². The molecule has 0 radical (unpaired) electrons. The number of β-amino-alcohol motifs (C(OH)–C–C–N with tert-alkyl or cyclic N) is 1. The molecular weight excluding hydrogens is 454 g/mol. The SMILES string of the molecule is C=CCCCCC[C@H](NC(=O)OC(C)(C)C)C(=O)N1C[C@@H](O)C[C@H]1C(=O)N[C@@H](CC)CC(=O)OC. The van der Waals surface area contributed by atoms with Crippen LogP contribution in [0.25, 0.3) is 0 Å². The van der Waals surface area contributed by atoms with Gasteiger partial charge < -0.3 is 30.1 Å². The van der Waals surface area contributed by atoms with Crippen molar-refractivity contribution in [1.29, 1.82) is 0 Å². The van der Waals surface area contributed by atoms with Crippen molar-refractivity contribution in [2.24, 2.45) is 0 Å². The molecule has 200 valence electrons. The van der Waals surface area contributed by atoms with Crippen molar-refractivity contribution in [1.82, 2.24) is 15.5 Å². The Morgan fingerprint density at radius 1 is 1.17 bits per heavy atom. The fourth-order valence-corrected chi connectivity index (χ4v) is 3.91. The number of allylic oxidation sites excluding steroid dienone is 1. The molecule has 1 rings (SSSR count). The Morgan fingerprint density at radius 3 is 2.43 bits per heavy atom. The van der Waals surface area contributed by atoms with E-state index < -0.39 is 53.7 Å². The first-order chi connectivity index (χ1) is 16.4. The zero-order valence-corrected chi connectivity index (χ0v) is 21.8. The van der Waals surface area contributed by atoms with Gasteiger partial charge in [0.05, 0.1) is 19.6 Å². The lowest BCUT2D eigenvalue weighted by Crippen LogP contribution is -2.55. The second-order valence-corrected chi connectivity index (χ2v) is 9.92. The van der Waals surface area contributed by atoms with Crippen molar-refractivity contribution >= 4 is 23.9 Å². The fraction of sp³-hybridized carbons (Fsp3) is 0.760. The number of nitrogens with zero attached hydrogens (tertiary/aromatic N) is 1. The summed E-state index contributed by atoms with van der Waals surface area (Å²) in [5, 5.41) is 15.7. The maximum atomic E-state index is 13.5. The predicted molar refractivity (Wildman–Crippen MR) is 131 cm³/mol. The van der Waals surface area contributed by atoms with Gasteiger partial charge in [0, 0.05) is 19.0 Å². The van der Waals surface area contributed by atoms with E-state index >= 15 is 0 Å². The number of methoxy groups -OCH3 is 1. The van der Waals surface area contributed by atoms with Crippen LogP contribution in [0, 0.1) is 0 Å². The third-order valence-electron chi connectivity index (χ3n) is 5.73. The Balaban J connectivity index is 2.96. The lowest BCUT2D eigenvalue weighted by molar-refractivity contribution is -0.143. The topological polar surface area (TPSA) is 134 Å². The number of rotatable bonds is 13. The van der Waals surface area contributed by atoms with Gasteiger partial charge in [0.1, 0.15) is 17.7 Å². The van der Waals surface area contributed by atoms with Gasteiger partial charge in [-0.25, -0.2) is 4.79 Å². The summed E-state index contributed by atoms with van der Waals surface area (Å²) in [6, 6.07) is -2.26. The number of likely N-dealkylation sites (tertiary alicyclic amines) is 1. The quantitative estimate of drug-likeness (QED) is 0.202. The largest absolute Gasteiger partial charge is 0.469 e. The standard InChI is InChI=1S/C25H43N3O7/c1-7-9-10-11-12-13-19(27-24(33)35-25(3,4)5)23(32)28-16-18(29)15-20(28)22(31)26-17(8-2)14-21(30)34-6/h7,17-20,29H,1,8-16H2,2-6H3,(H,26,31)(H,27,33)/t17-,18-,19-,20-/m0/s1. The number of nitrogens with one attached hydrogen (secondary N) is 2. The van der Waals surface area contributed by atoms with Crippen LogP contribution in [0.5, 0.6) is 0 Å². The van der Waals surface area contributed by atoms with E-state index in [2.05, 4.69) is 21.9 Å². The Hall–Kier alpha value is -2.62. The first-order valence-corrected chi connectivity index (χ1v) is 12.4. The van der Waals surface area contributed by atoms with Crippen LogP contribution in [-0.4, -0.2) is 77.4 Å². The van der Waals surface area contributed by atoms with Gasteiger partial charge in [0.25, 0.3) is 0 Å². The Morgan fingerprint density at radius 2 is 1.86 bits per heavy atom. The number of unbranched alkanes of at least 4 members (excludes halogenated alkanes) is 3. The molecule has 0 unspecified atom stereocenters. The number of ether oxygens (including phenoxy) is 2. The molecule has 35 heavy (non-hydrogen) atoms. The van der Waals surface area contributed by atoms with E-state index in [0.29, 0.717) is 19.3 Å². The molecular formula is C25H43N3O7. The smallest absolute Gasteiger partial charge is 0.408 e. The minimum Gasteiger partial charge on any atom is -0.469 e. The van der Waals surface area contributed by atoms with Gasteiger partial charge in [-0.15, -0.1) is 6.58 Å². The lowest BCUT2D eigenvalue weighted by Gasteiger charge is -2.30. The van der Waals surface area contributed by atoms with Gasteiger partial charge in [-0.05, 0) is 46.5 Å². The molecule has 1 fully saturated rings. The average molecular weight is 498 g/mol. The van der Waals surface area contributed by atoms with Gasteiger partial charge in [-0.2, -0.15) is 0 Å². The molecule has 1 aliphatic rings. The van der Waals surface area contributed by atoms with Crippen LogP contribution in [0.4, 0.5) is 4.79 Å². The molecule has 1 heterocycles. The molecule has 0 aromatic heterocycles. The number of amides is 3. The van der Waals surface area contributed by atoms with Crippen LogP contribution < -0.4 is 10.6 Å². The maximum absolute atomic E-state index is 13.5. The minimum atomic E-state index is -0.909. The molecule has 0 aliphatic carbocycles. The molecule has 10 nitrogen and oxygen atoms in total. The summed E-state index contributed by atoms with van der Waals surface area (Å²) >= 11 is 0. The van der Waals surface area contributed by atoms with Crippen LogP contribution in [-0.2, 0) is 23.9 Å². The van der Waals surface area contributed by atoms with Gasteiger partial charge in [0.2, 0.25) is 11.8 Å². The zero-order chi connectivity index (χ0) is 26.6. The first kappa shape index (κ1) is 30.4. The summed E-state index contributed by atoms with van der Waals surface area (Å²) in [5.74, 6) is -1.35. The summed E-state index contributed by atoms with van der Waals surface area (Å²) in [7, 11) is 1.28. The van der Waals surface area contributed by atoms with Crippen LogP contribution in [0.2, 0.25) is 0 Å². The third kappa shape index (κ3) is 11.1. The van der Waals surface area contributed by atoms with Gasteiger partial charge in [-0.3, -0.25) is 14.4 Å². The second kappa shape index (κ2) is 14.7. The van der Waals surface area contributed by atoms with Crippen LogP contribution >= 0.6 is 0 Å². The molecule has 10 heteroatoms. The molecule has 0 aromatic carbocycles. The highest BCUT2D eigenvalue weighted by Crippen LogP contribution is 2.22. The van der Waals surface area contributed by atoms with Crippen molar-refractivity contribution in [3.05, 3.63) is 12.7 Å². The van der Waals surface area contributed by atoms with E-state index in [9.17, 15) is 24.3 Å². The Bertz CT molecular complexity index is 735. The van der Waals surface area contributed by atoms with E-state index in [1.165, 1.54) is 12.0 Å². The van der Waals surface area contributed by atoms with Crippen molar-refractivity contribution < 1.29 is 33.8 Å². The van der Waals surface area contributed by atoms with Crippen LogP contribution in [0.3, 0.4) is 0 Å². The van der Waals surface area contributed by atoms with E-state index in [-0.39, 0.29) is 19.4 Å². The number of alkyl carbamates (subject to hydrolysis) is 1. The molecule has 1 aliphatic heterocycles. The normalized spacial score (nSPS) is 19.4. The van der Waals surface area contributed by atoms with E-state index in [1.807, 2.05) is 13.0 Å². The fourth-order valence-electron chi connectivity index (χ4n) is 3.91. The Labute approximate surface area is 208 Å². The monoisotopic (exact) mass is 497 g/mol. The van der Waals surface area contributed by atoms with Crippen molar-refractivity contribution in [2.75, 3.05) is 13.7 Å². The lowest BCUT2D eigenvalue weighted by atomic mass is 10.0. The van der Waals surface area contributed by atoms with E-state index in [4.69, 9.17) is 4.74 Å². The van der Waals surface area contributed by atoms with Crippen molar-refractivity contribution in [2.45, 2.75) is 109 Å². The molecule has 0 aromatic rings. The summed E-state index contributed by atoms with van der Waals surface area (Å²) < 4.78 is 10.0. The third-order valence-corrected chi connectivity index (χ3v) is 5.73. The van der Waals surface area contributed by atoms with Crippen molar-refractivity contribution in [3.8, 4) is 0 Å². The molecule has 0 bridgehead atoms. The van der Waals surface area contributed by atoms with Gasteiger partial charge in [-0.1, -0.05) is 25.8 Å². The van der Waals surface area contributed by atoms with Gasteiger partial charge >= 0.3 is 12.1 Å². The number of aliphatic hydroxyl groups excluding tert-OH is 1. The summed E-state index contributed by atoms with van der Waals surface area (Å²) in [6.45, 7) is 10.7. The molecule has 0 saturated carbocycles. The van der Waals surface area contributed by atoms with Crippen LogP contribution in [0.1, 0.15) is 79.1 Å². The second-order valence-electron chi connectivity index (χ2n) is 9.92. The zero-order valence-electron chi connectivity index (χ0n) is 21.8. The van der Waals surface area contributed by atoms with Crippen molar-refractivity contribution in [3.63, 3.8) is 0 Å². The average Bonchev–Trinajstić information content (AvgIpc) is 3.17. The number of carbonyl (C=O) groups excluding carboxylic acids is 4. The highest BCUT2D eigenvalue weighted by Gasteiger charge is 2.42. The number of esters is 1. The molecule has 3 N–H and O–H groups in total.